The van der Waals surface area contributed by atoms with Crippen molar-refractivity contribution in [1.82, 2.24) is 15.5 Å². The predicted octanol–water partition coefficient (Wildman–Crippen LogP) is 1.95. The summed E-state index contributed by atoms with van der Waals surface area (Å²) in [6.45, 7) is 6.74. The van der Waals surface area contributed by atoms with Crippen LogP contribution in [0.2, 0.25) is 0 Å². The molecule has 2 aliphatic heterocycles. The van der Waals surface area contributed by atoms with Crippen LogP contribution in [-0.4, -0.2) is 62.2 Å². The highest BCUT2D eigenvalue weighted by molar-refractivity contribution is 5.94. The molecule has 0 bridgehead atoms. The third-order valence-corrected chi connectivity index (χ3v) is 5.51. The first kappa shape index (κ1) is 20.6. The summed E-state index contributed by atoms with van der Waals surface area (Å²) in [5, 5.41) is 9.76. The molecular formula is C21H33N5O2. The minimum Gasteiger partial charge on any atom is -0.368 e. The van der Waals surface area contributed by atoms with Gasteiger partial charge in [0.25, 0.3) is 5.91 Å². The maximum absolute atomic E-state index is 12.2. The molecule has 1 aromatic rings. The summed E-state index contributed by atoms with van der Waals surface area (Å²) in [5.41, 5.74) is 1.89. The van der Waals surface area contributed by atoms with E-state index in [2.05, 4.69) is 32.8 Å². The van der Waals surface area contributed by atoms with Crippen LogP contribution in [-0.2, 0) is 16.1 Å². The molecule has 0 aliphatic carbocycles. The van der Waals surface area contributed by atoms with Gasteiger partial charge in [0.1, 0.15) is 6.10 Å². The van der Waals surface area contributed by atoms with Gasteiger partial charge in [-0.25, -0.2) is 0 Å². The fourth-order valence-electron chi connectivity index (χ4n) is 3.93. The Morgan fingerprint density at radius 3 is 2.93 bits per heavy atom. The number of nitrogens with zero attached hydrogens (tertiary/aromatic N) is 2. The van der Waals surface area contributed by atoms with E-state index in [1.165, 1.54) is 19.4 Å². The van der Waals surface area contributed by atoms with Crippen molar-refractivity contribution in [3.63, 3.8) is 0 Å². The number of benzene rings is 1. The lowest BCUT2D eigenvalue weighted by atomic mass is 10.2. The van der Waals surface area contributed by atoms with Gasteiger partial charge in [0.2, 0.25) is 0 Å². The maximum atomic E-state index is 12.2. The Hall–Kier alpha value is -2.12. The van der Waals surface area contributed by atoms with Crippen LogP contribution < -0.4 is 16.0 Å². The first-order valence-electron chi connectivity index (χ1n) is 10.4. The third-order valence-electron chi connectivity index (χ3n) is 5.51. The minimum atomic E-state index is -0.317. The van der Waals surface area contributed by atoms with Gasteiger partial charge < -0.3 is 20.7 Å². The number of likely N-dealkylation sites (tertiary alicyclic amines) is 1. The van der Waals surface area contributed by atoms with Crippen molar-refractivity contribution in [2.75, 3.05) is 38.6 Å². The lowest BCUT2D eigenvalue weighted by Gasteiger charge is -2.24. The van der Waals surface area contributed by atoms with Gasteiger partial charge in [-0.15, -0.1) is 0 Å². The molecular weight excluding hydrogens is 354 g/mol. The van der Waals surface area contributed by atoms with Crippen LogP contribution in [0.5, 0.6) is 0 Å². The lowest BCUT2D eigenvalue weighted by Crippen LogP contribution is -2.44. The number of rotatable bonds is 7. The van der Waals surface area contributed by atoms with Gasteiger partial charge in [-0.05, 0) is 56.5 Å². The molecule has 2 unspecified atom stereocenters. The highest BCUT2D eigenvalue weighted by Crippen LogP contribution is 2.17. The maximum Gasteiger partial charge on any atom is 0.253 e. The summed E-state index contributed by atoms with van der Waals surface area (Å²) < 4.78 is 5.44. The molecule has 0 aromatic heterocycles. The summed E-state index contributed by atoms with van der Waals surface area (Å²) in [5.74, 6) is 0.744. The summed E-state index contributed by atoms with van der Waals surface area (Å²) in [4.78, 5) is 19.1. The molecule has 3 N–H and O–H groups in total. The molecule has 28 heavy (non-hydrogen) atoms. The Labute approximate surface area is 167 Å². The highest BCUT2D eigenvalue weighted by Gasteiger charge is 2.24. The molecule has 0 radical (unpaired) electrons. The number of ether oxygens (including phenoxy) is 1. The molecule has 2 fully saturated rings. The van der Waals surface area contributed by atoms with Gasteiger partial charge in [-0.1, -0.05) is 19.1 Å². The number of likely N-dealkylation sites (N-methyl/N-ethyl adjacent to an activating group) is 1. The fourth-order valence-corrected chi connectivity index (χ4v) is 3.93. The van der Waals surface area contributed by atoms with E-state index in [4.69, 9.17) is 4.74 Å². The van der Waals surface area contributed by atoms with Gasteiger partial charge in [0.15, 0.2) is 5.96 Å². The highest BCUT2D eigenvalue weighted by atomic mass is 16.5. The number of nitrogens with one attached hydrogen (secondary N) is 3. The smallest absolute Gasteiger partial charge is 0.253 e. The Morgan fingerprint density at radius 1 is 1.29 bits per heavy atom. The molecule has 3 rings (SSSR count). The van der Waals surface area contributed by atoms with Crippen LogP contribution in [0.15, 0.2) is 29.3 Å². The van der Waals surface area contributed by atoms with Gasteiger partial charge >= 0.3 is 0 Å². The monoisotopic (exact) mass is 387 g/mol. The molecule has 2 aliphatic rings. The number of anilines is 1. The fraction of sp³-hybridized carbons (Fsp3) is 0.619. The van der Waals surface area contributed by atoms with Crippen LogP contribution in [0.4, 0.5) is 5.69 Å². The van der Waals surface area contributed by atoms with Crippen molar-refractivity contribution in [2.24, 2.45) is 4.99 Å². The molecule has 1 amide bonds. The van der Waals surface area contributed by atoms with Crippen LogP contribution in [0.1, 0.15) is 38.2 Å². The number of aliphatic imine (C=N–C) groups is 1. The second-order valence-corrected chi connectivity index (χ2v) is 7.42. The average Bonchev–Trinajstić information content (AvgIpc) is 3.40. The van der Waals surface area contributed by atoms with Crippen molar-refractivity contribution in [1.29, 1.82) is 0 Å². The SMILES string of the molecule is CCN1CCCC1CNC(=NC)NCc1cccc(NC(=O)C2CCCO2)c1. The van der Waals surface area contributed by atoms with E-state index in [9.17, 15) is 4.79 Å². The summed E-state index contributed by atoms with van der Waals surface area (Å²) in [6, 6.07) is 8.47. The molecule has 2 heterocycles. The average molecular weight is 388 g/mol. The van der Waals surface area contributed by atoms with Gasteiger partial charge in [0.05, 0.1) is 0 Å². The number of carbonyl (C=O) groups excluding carboxylic acids is 1. The first-order chi connectivity index (χ1) is 13.7. The number of carbonyl (C=O) groups is 1. The molecule has 154 valence electrons. The van der Waals surface area contributed by atoms with E-state index in [-0.39, 0.29) is 12.0 Å². The molecule has 2 atom stereocenters. The minimum absolute atomic E-state index is 0.0582. The van der Waals surface area contributed by atoms with E-state index in [1.54, 1.807) is 7.05 Å². The summed E-state index contributed by atoms with van der Waals surface area (Å²) >= 11 is 0. The number of guanidine groups is 1. The molecule has 7 nitrogen and oxygen atoms in total. The zero-order valence-electron chi connectivity index (χ0n) is 17.0. The third kappa shape index (κ3) is 5.69. The first-order valence-corrected chi connectivity index (χ1v) is 10.4. The van der Waals surface area contributed by atoms with E-state index in [0.29, 0.717) is 19.2 Å². The molecule has 1 aromatic carbocycles. The summed E-state index contributed by atoms with van der Waals surface area (Å²) in [7, 11) is 1.79. The van der Waals surface area contributed by atoms with E-state index < -0.39 is 0 Å². The Kier molecular flexibility index (Phi) is 7.68. The van der Waals surface area contributed by atoms with Crippen LogP contribution in [0, 0.1) is 0 Å². The zero-order valence-corrected chi connectivity index (χ0v) is 17.0. The zero-order chi connectivity index (χ0) is 19.8. The van der Waals surface area contributed by atoms with Crippen molar-refractivity contribution in [3.8, 4) is 0 Å². The van der Waals surface area contributed by atoms with E-state index >= 15 is 0 Å². The Morgan fingerprint density at radius 2 is 2.18 bits per heavy atom. The lowest BCUT2D eigenvalue weighted by molar-refractivity contribution is -0.124. The van der Waals surface area contributed by atoms with E-state index in [1.807, 2.05) is 24.3 Å². The van der Waals surface area contributed by atoms with Gasteiger partial charge in [-0.2, -0.15) is 0 Å². The van der Waals surface area contributed by atoms with E-state index in [0.717, 1.165) is 43.1 Å². The molecule has 7 heteroatoms. The second kappa shape index (κ2) is 10.4. The van der Waals surface area contributed by atoms with Crippen molar-refractivity contribution < 1.29 is 9.53 Å². The van der Waals surface area contributed by atoms with Crippen LogP contribution in [0.3, 0.4) is 0 Å². The van der Waals surface area contributed by atoms with Crippen molar-refractivity contribution in [2.45, 2.75) is 51.3 Å². The largest absolute Gasteiger partial charge is 0.368 e. The standard InChI is InChI=1S/C21H33N5O2/c1-3-26-11-5-9-18(26)15-24-21(22-2)23-14-16-7-4-8-17(13-16)25-20(27)19-10-6-12-28-19/h4,7-8,13,18-19H,3,5-6,9-12,14-15H2,1-2H3,(H,25,27)(H2,22,23,24). The Bertz CT molecular complexity index is 673. The van der Waals surface area contributed by atoms with Crippen molar-refractivity contribution >= 4 is 17.6 Å². The molecule has 2 saturated heterocycles. The molecule has 0 saturated carbocycles. The normalized spacial score (nSPS) is 23.0. The summed E-state index contributed by atoms with van der Waals surface area (Å²) in [6.07, 6.45) is 3.94. The number of hydrogen-bond donors (Lipinski definition) is 3. The topological polar surface area (TPSA) is 78.0 Å². The Balaban J connectivity index is 1.47. The quantitative estimate of drug-likeness (QED) is 0.492. The van der Waals surface area contributed by atoms with Gasteiger partial charge in [-0.3, -0.25) is 14.7 Å². The number of amides is 1. The van der Waals surface area contributed by atoms with Crippen LogP contribution >= 0.6 is 0 Å². The molecule has 0 spiro atoms. The van der Waals surface area contributed by atoms with Crippen molar-refractivity contribution in [3.05, 3.63) is 29.8 Å². The predicted molar refractivity (Wildman–Crippen MR) is 113 cm³/mol. The second-order valence-electron chi connectivity index (χ2n) is 7.42. The van der Waals surface area contributed by atoms with Gasteiger partial charge in [0, 0.05) is 38.5 Å². The van der Waals surface area contributed by atoms with Crippen LogP contribution in [0.25, 0.3) is 0 Å². The number of hydrogen-bond acceptors (Lipinski definition) is 4.